The number of nitrogens with one attached hydrogen (secondary N) is 2. The summed E-state index contributed by atoms with van der Waals surface area (Å²) in [5.41, 5.74) is 2.58. The SMILES string of the molecule is Cc1ccc(S(=O)(=O)C2CNCCN2C2CCc3[nH]n(-c4ccccn4)c(=O)c3C2)cc1. The van der Waals surface area contributed by atoms with Crippen LogP contribution in [0, 0.1) is 6.92 Å². The Labute approximate surface area is 187 Å². The van der Waals surface area contributed by atoms with E-state index in [1.807, 2.05) is 31.2 Å². The summed E-state index contributed by atoms with van der Waals surface area (Å²) in [6.45, 7) is 3.69. The van der Waals surface area contributed by atoms with Crippen LogP contribution < -0.4 is 10.9 Å². The molecule has 0 saturated carbocycles. The molecular weight excluding hydrogens is 426 g/mol. The molecule has 1 aromatic carbocycles. The first-order chi connectivity index (χ1) is 15.4. The Morgan fingerprint density at radius 1 is 1.12 bits per heavy atom. The number of hydrogen-bond acceptors (Lipinski definition) is 6. The molecule has 9 heteroatoms. The maximum atomic E-state index is 13.5. The minimum Gasteiger partial charge on any atom is -0.313 e. The second-order valence-electron chi connectivity index (χ2n) is 8.55. The Morgan fingerprint density at radius 3 is 2.69 bits per heavy atom. The van der Waals surface area contributed by atoms with E-state index in [1.54, 1.807) is 24.4 Å². The van der Waals surface area contributed by atoms with Crippen LogP contribution in [0.15, 0.2) is 58.4 Å². The Balaban J connectivity index is 1.44. The molecule has 1 fully saturated rings. The van der Waals surface area contributed by atoms with Gasteiger partial charge in [0.25, 0.3) is 5.56 Å². The standard InChI is InChI=1S/C23H27N5O3S/c1-16-5-8-18(9-6-16)32(30,31)22-15-24-12-13-27(22)17-7-10-20-19(14-17)23(29)28(26-20)21-4-2-3-11-25-21/h2-6,8-9,11,17,22,24,26H,7,10,12-15H2,1H3. The maximum absolute atomic E-state index is 13.5. The zero-order valence-corrected chi connectivity index (χ0v) is 18.8. The molecule has 2 unspecified atom stereocenters. The molecule has 3 heterocycles. The largest absolute Gasteiger partial charge is 0.313 e. The van der Waals surface area contributed by atoms with Gasteiger partial charge in [-0.1, -0.05) is 23.8 Å². The fraction of sp³-hybridized carbons (Fsp3) is 0.391. The summed E-state index contributed by atoms with van der Waals surface area (Å²) < 4.78 is 28.5. The summed E-state index contributed by atoms with van der Waals surface area (Å²) in [5.74, 6) is 0.561. The Morgan fingerprint density at radius 2 is 1.94 bits per heavy atom. The molecular formula is C23H27N5O3S. The molecule has 2 N–H and O–H groups in total. The van der Waals surface area contributed by atoms with Crippen molar-refractivity contribution < 1.29 is 8.42 Å². The average molecular weight is 454 g/mol. The number of benzene rings is 1. The van der Waals surface area contributed by atoms with Crippen LogP contribution in [-0.4, -0.2) is 59.1 Å². The molecule has 32 heavy (non-hydrogen) atoms. The van der Waals surface area contributed by atoms with Gasteiger partial charge < -0.3 is 5.32 Å². The molecule has 1 saturated heterocycles. The van der Waals surface area contributed by atoms with Gasteiger partial charge in [0.05, 0.1) is 4.90 Å². The van der Waals surface area contributed by atoms with E-state index in [0.717, 1.165) is 29.8 Å². The number of aryl methyl sites for hydroxylation is 2. The molecule has 168 valence electrons. The van der Waals surface area contributed by atoms with E-state index >= 15 is 0 Å². The van der Waals surface area contributed by atoms with Crippen molar-refractivity contribution in [3.8, 4) is 5.82 Å². The summed E-state index contributed by atoms with van der Waals surface area (Å²) in [5, 5.41) is 5.80. The molecule has 0 spiro atoms. The van der Waals surface area contributed by atoms with Crippen molar-refractivity contribution in [2.24, 2.45) is 0 Å². The first kappa shape index (κ1) is 21.1. The van der Waals surface area contributed by atoms with Crippen molar-refractivity contribution >= 4 is 9.84 Å². The maximum Gasteiger partial charge on any atom is 0.276 e. The number of H-pyrrole nitrogens is 1. The zero-order chi connectivity index (χ0) is 22.3. The Bertz CT molecular complexity index is 1270. The van der Waals surface area contributed by atoms with Crippen LogP contribution in [0.3, 0.4) is 0 Å². The fourth-order valence-corrected chi connectivity index (χ4v) is 6.60. The second kappa shape index (κ2) is 8.31. The molecule has 1 aliphatic heterocycles. The summed E-state index contributed by atoms with van der Waals surface area (Å²) in [6, 6.07) is 12.5. The number of fused-ring (bicyclic) bond motifs is 1. The molecule has 0 bridgehead atoms. The first-order valence-corrected chi connectivity index (χ1v) is 12.5. The van der Waals surface area contributed by atoms with Gasteiger partial charge in [0, 0.05) is 43.1 Å². The van der Waals surface area contributed by atoms with E-state index in [9.17, 15) is 13.2 Å². The van der Waals surface area contributed by atoms with Gasteiger partial charge in [0.2, 0.25) is 0 Å². The minimum absolute atomic E-state index is 0.00416. The number of aromatic nitrogens is 3. The third-order valence-electron chi connectivity index (χ3n) is 6.53. The quantitative estimate of drug-likeness (QED) is 0.620. The number of pyridine rings is 1. The molecule has 2 aromatic heterocycles. The highest BCUT2D eigenvalue weighted by Gasteiger charge is 2.40. The molecule has 0 amide bonds. The van der Waals surface area contributed by atoms with E-state index in [0.29, 0.717) is 36.6 Å². The predicted molar refractivity (Wildman–Crippen MR) is 122 cm³/mol. The van der Waals surface area contributed by atoms with Gasteiger partial charge in [-0.2, -0.15) is 0 Å². The highest BCUT2D eigenvalue weighted by atomic mass is 32.2. The number of rotatable bonds is 4. The molecule has 8 nitrogen and oxygen atoms in total. The Hall–Kier alpha value is -2.75. The van der Waals surface area contributed by atoms with Gasteiger partial charge >= 0.3 is 0 Å². The van der Waals surface area contributed by atoms with Crippen LogP contribution in [0.25, 0.3) is 5.82 Å². The van der Waals surface area contributed by atoms with Crippen molar-refractivity contribution in [1.29, 1.82) is 0 Å². The van der Waals surface area contributed by atoms with Crippen molar-refractivity contribution in [3.63, 3.8) is 0 Å². The zero-order valence-electron chi connectivity index (χ0n) is 18.0. The lowest BCUT2D eigenvalue weighted by Crippen LogP contribution is -2.59. The van der Waals surface area contributed by atoms with E-state index < -0.39 is 15.2 Å². The van der Waals surface area contributed by atoms with Crippen LogP contribution >= 0.6 is 0 Å². The van der Waals surface area contributed by atoms with Crippen molar-refractivity contribution in [2.45, 2.75) is 42.5 Å². The van der Waals surface area contributed by atoms with E-state index in [1.165, 1.54) is 4.68 Å². The number of hydrogen-bond donors (Lipinski definition) is 2. The molecule has 2 atom stereocenters. The Kier molecular flexibility index (Phi) is 5.48. The summed E-state index contributed by atoms with van der Waals surface area (Å²) in [4.78, 5) is 19.8. The second-order valence-corrected chi connectivity index (χ2v) is 10.7. The molecule has 5 rings (SSSR count). The van der Waals surface area contributed by atoms with Crippen molar-refractivity contribution in [1.82, 2.24) is 25.0 Å². The van der Waals surface area contributed by atoms with Crippen LogP contribution in [0.5, 0.6) is 0 Å². The highest BCUT2D eigenvalue weighted by molar-refractivity contribution is 7.92. The number of sulfone groups is 1. The lowest BCUT2D eigenvalue weighted by Gasteiger charge is -2.42. The molecule has 3 aromatic rings. The van der Waals surface area contributed by atoms with Gasteiger partial charge in [-0.25, -0.2) is 18.1 Å². The summed E-state index contributed by atoms with van der Waals surface area (Å²) in [7, 11) is -3.54. The minimum atomic E-state index is -3.54. The van der Waals surface area contributed by atoms with E-state index in [2.05, 4.69) is 20.3 Å². The number of piperazine rings is 1. The summed E-state index contributed by atoms with van der Waals surface area (Å²) in [6.07, 6.45) is 3.70. The van der Waals surface area contributed by atoms with Crippen LogP contribution in [0.1, 0.15) is 23.2 Å². The van der Waals surface area contributed by atoms with Crippen LogP contribution in [0.4, 0.5) is 0 Å². The molecule has 1 aliphatic carbocycles. The summed E-state index contributed by atoms with van der Waals surface area (Å²) >= 11 is 0. The van der Waals surface area contributed by atoms with Gasteiger partial charge in [-0.15, -0.1) is 0 Å². The lowest BCUT2D eigenvalue weighted by atomic mass is 9.92. The van der Waals surface area contributed by atoms with Gasteiger partial charge in [-0.3, -0.25) is 14.8 Å². The van der Waals surface area contributed by atoms with Crippen molar-refractivity contribution in [2.75, 3.05) is 19.6 Å². The smallest absolute Gasteiger partial charge is 0.276 e. The van der Waals surface area contributed by atoms with E-state index in [-0.39, 0.29) is 11.6 Å². The van der Waals surface area contributed by atoms with Gasteiger partial charge in [0.1, 0.15) is 5.37 Å². The van der Waals surface area contributed by atoms with Crippen LogP contribution in [0.2, 0.25) is 0 Å². The van der Waals surface area contributed by atoms with E-state index in [4.69, 9.17) is 0 Å². The van der Waals surface area contributed by atoms with Gasteiger partial charge in [0.15, 0.2) is 15.7 Å². The predicted octanol–water partition coefficient (Wildman–Crippen LogP) is 1.43. The van der Waals surface area contributed by atoms with Crippen LogP contribution in [-0.2, 0) is 22.7 Å². The average Bonchev–Trinajstić information content (AvgIpc) is 3.16. The first-order valence-electron chi connectivity index (χ1n) is 11.0. The monoisotopic (exact) mass is 453 g/mol. The lowest BCUT2D eigenvalue weighted by molar-refractivity contribution is 0.135. The van der Waals surface area contributed by atoms with Crippen molar-refractivity contribution in [3.05, 3.63) is 75.8 Å². The molecule has 0 radical (unpaired) electrons. The number of nitrogens with zero attached hydrogens (tertiary/aromatic N) is 3. The fourth-order valence-electron chi connectivity index (χ4n) is 4.80. The number of aromatic amines is 1. The topological polar surface area (TPSA) is 100 Å². The third kappa shape index (κ3) is 3.70. The third-order valence-corrected chi connectivity index (χ3v) is 8.61. The van der Waals surface area contributed by atoms with Gasteiger partial charge in [-0.05, 0) is 50.5 Å². The highest BCUT2D eigenvalue weighted by Crippen LogP contribution is 2.28. The molecule has 2 aliphatic rings. The normalized spacial score (nSPS) is 21.9.